The fourth-order valence-electron chi connectivity index (χ4n) is 7.22. The summed E-state index contributed by atoms with van der Waals surface area (Å²) in [5.74, 6) is -3.56. The summed E-state index contributed by atoms with van der Waals surface area (Å²) in [6.45, 7) is 1.46. The van der Waals surface area contributed by atoms with Crippen LogP contribution in [0.5, 0.6) is 0 Å². The van der Waals surface area contributed by atoms with E-state index >= 15 is 0 Å². The lowest BCUT2D eigenvalue weighted by atomic mass is 10.1. The number of urea groups is 2. The number of pyridine rings is 2. The molecule has 2 aromatic heterocycles. The molecular weight excluding hydrogens is 1060 g/mol. The van der Waals surface area contributed by atoms with Crippen molar-refractivity contribution in [1.29, 1.82) is 0 Å². The van der Waals surface area contributed by atoms with E-state index in [2.05, 4.69) is 18.5 Å². The van der Waals surface area contributed by atoms with Crippen LogP contribution >= 0.6 is 23.2 Å². The third kappa shape index (κ3) is 14.2. The Bertz CT molecular complexity index is 2990. The first kappa shape index (κ1) is 57.0. The van der Waals surface area contributed by atoms with Crippen molar-refractivity contribution in [3.05, 3.63) is 105 Å². The minimum Gasteiger partial charge on any atom is -0.320 e. The lowest BCUT2D eigenvalue weighted by Crippen LogP contribution is -2.47. The molecule has 0 saturated carbocycles. The van der Waals surface area contributed by atoms with Crippen molar-refractivity contribution in [2.75, 3.05) is 91.8 Å². The zero-order valence-electron chi connectivity index (χ0n) is 39.1. The Labute approximate surface area is 418 Å². The molecule has 6 amide bonds. The van der Waals surface area contributed by atoms with Crippen LogP contribution in [0, 0.1) is 25.5 Å². The second kappa shape index (κ2) is 22.1. The summed E-state index contributed by atoms with van der Waals surface area (Å²) in [5.41, 5.74) is -1.74. The van der Waals surface area contributed by atoms with Crippen molar-refractivity contribution >= 4 is 89.9 Å². The summed E-state index contributed by atoms with van der Waals surface area (Å²) < 4.78 is 151. The molecule has 2 atom stereocenters. The van der Waals surface area contributed by atoms with Crippen molar-refractivity contribution in [3.8, 4) is 0 Å². The first-order valence-corrected chi connectivity index (χ1v) is 25.8. The van der Waals surface area contributed by atoms with Crippen LogP contribution in [-0.2, 0) is 46.0 Å². The number of benzene rings is 2. The molecule has 392 valence electrons. The molecule has 0 N–H and O–H groups in total. The number of alkyl halides is 6. The van der Waals surface area contributed by atoms with Gasteiger partial charge in [-0.3, -0.25) is 27.8 Å². The molecule has 29 heteroatoms. The predicted molar refractivity (Wildman–Crippen MR) is 252 cm³/mol. The van der Waals surface area contributed by atoms with Gasteiger partial charge in [0, 0.05) is 72.2 Å². The Morgan fingerprint density at radius 2 is 1.08 bits per heavy atom. The third-order valence-corrected chi connectivity index (χ3v) is 12.6. The Balaban J connectivity index is 0.000000267. The maximum absolute atomic E-state index is 13.6. The van der Waals surface area contributed by atoms with Gasteiger partial charge < -0.3 is 19.6 Å². The minimum atomic E-state index is -4.74. The smallest absolute Gasteiger partial charge is 0.320 e. The second-order valence-electron chi connectivity index (χ2n) is 16.5. The standard InChI is InChI=1S/C22H24ClF4N5O3S.C21H21ClF4N4O5S/c1-13-9-14(22(25,26)27)10-19(29-13)32-18(12-31(21(32)34)8-7-28-36(3,4)35)20(33)30(2)15-5-6-17(24)16(23)11-15;1-12-8-13(21(24,25)26)9-18(27-12)30-17(11-29(20(30)32)6-7-35-36(3,33)34)19(31)28(2)14-4-5-16(23)15(22)10-14/h5-6,9-11,18H,7-8,12H2,1-4H3;4-5,8-10,17H,6-7,11H2,1-3H3/t18-;17-/m00/s1. The number of aromatic nitrogens is 2. The van der Waals surface area contributed by atoms with Crippen LogP contribution < -0.4 is 19.6 Å². The van der Waals surface area contributed by atoms with E-state index in [0.717, 1.165) is 55.0 Å². The molecule has 2 aromatic carbocycles. The lowest BCUT2D eigenvalue weighted by molar-refractivity contribution is -0.138. The molecule has 0 radical (unpaired) electrons. The first-order valence-electron chi connectivity index (χ1n) is 20.9. The summed E-state index contributed by atoms with van der Waals surface area (Å²) in [7, 11) is -3.56. The van der Waals surface area contributed by atoms with Gasteiger partial charge in [0.05, 0.1) is 53.7 Å². The molecule has 2 aliphatic rings. The number of anilines is 4. The molecule has 2 fully saturated rings. The lowest BCUT2D eigenvalue weighted by Gasteiger charge is -2.27. The highest BCUT2D eigenvalue weighted by Gasteiger charge is 2.47. The van der Waals surface area contributed by atoms with Gasteiger partial charge in [0.1, 0.15) is 35.4 Å². The van der Waals surface area contributed by atoms with E-state index in [-0.39, 0.29) is 71.3 Å². The van der Waals surface area contributed by atoms with Gasteiger partial charge in [0.15, 0.2) is 0 Å². The first-order chi connectivity index (χ1) is 33.2. The molecule has 2 saturated heterocycles. The van der Waals surface area contributed by atoms with E-state index < -0.39 is 103 Å². The normalized spacial score (nSPS) is 16.5. The van der Waals surface area contributed by atoms with Gasteiger partial charge in [-0.1, -0.05) is 23.2 Å². The summed E-state index contributed by atoms with van der Waals surface area (Å²) in [5, 5.41) is -0.492. The zero-order valence-corrected chi connectivity index (χ0v) is 42.2. The summed E-state index contributed by atoms with van der Waals surface area (Å²) in [6.07, 6.45) is -5.77. The summed E-state index contributed by atoms with van der Waals surface area (Å²) in [6, 6.07) is 5.84. The number of halogens is 10. The molecule has 0 unspecified atom stereocenters. The Morgan fingerprint density at radius 1 is 0.694 bits per heavy atom. The van der Waals surface area contributed by atoms with Crippen molar-refractivity contribution in [2.24, 2.45) is 4.36 Å². The molecule has 4 aromatic rings. The van der Waals surface area contributed by atoms with Crippen LogP contribution in [-0.4, -0.2) is 141 Å². The summed E-state index contributed by atoms with van der Waals surface area (Å²) in [4.78, 5) is 67.7. The van der Waals surface area contributed by atoms with Crippen LogP contribution in [0.2, 0.25) is 10.0 Å². The van der Waals surface area contributed by atoms with Crippen LogP contribution in [0.25, 0.3) is 0 Å². The van der Waals surface area contributed by atoms with E-state index in [4.69, 9.17) is 23.2 Å². The van der Waals surface area contributed by atoms with E-state index in [0.29, 0.717) is 12.1 Å². The van der Waals surface area contributed by atoms with Gasteiger partial charge >= 0.3 is 24.4 Å². The maximum atomic E-state index is 13.6. The number of rotatable bonds is 13. The number of nitrogens with zero attached hydrogens (tertiary/aromatic N) is 9. The number of likely N-dealkylation sites (N-methyl/N-ethyl adjacent to an activating group) is 2. The second-order valence-corrected chi connectivity index (χ2v) is 21.6. The van der Waals surface area contributed by atoms with Crippen LogP contribution in [0.15, 0.2) is 65.0 Å². The van der Waals surface area contributed by atoms with E-state index in [1.54, 1.807) is 0 Å². The van der Waals surface area contributed by atoms with Gasteiger partial charge in [-0.2, -0.15) is 34.8 Å². The topological polar surface area (TPSA) is 186 Å². The number of carbonyl (C=O) groups excluding carboxylic acids is 4. The van der Waals surface area contributed by atoms with Crippen molar-refractivity contribution in [3.63, 3.8) is 0 Å². The third-order valence-electron chi connectivity index (χ3n) is 10.6. The summed E-state index contributed by atoms with van der Waals surface area (Å²) >= 11 is 11.6. The molecule has 2 aliphatic heterocycles. The van der Waals surface area contributed by atoms with E-state index in [9.17, 15) is 66.9 Å². The SMILES string of the molecule is Cc1cc(C(F)(F)F)cc(N2C(=O)N(CCN=S(C)(C)=O)C[C@H]2C(=O)N(C)c2ccc(F)c(Cl)c2)n1.Cc1cc(C(F)(F)F)cc(N2C(=O)N(CCOS(C)(=O)=O)C[C@H]2C(=O)N(C)c2ccc(F)c(Cl)c2)n1. The molecule has 72 heavy (non-hydrogen) atoms. The Kier molecular flexibility index (Phi) is 17.5. The zero-order chi connectivity index (χ0) is 54.0. The number of aryl methyl sites for hydroxylation is 2. The average Bonchev–Trinajstić information content (AvgIpc) is 3.77. The maximum Gasteiger partial charge on any atom is 0.416 e. The average molecular weight is 1100 g/mol. The molecule has 0 aliphatic carbocycles. The highest BCUT2D eigenvalue weighted by molar-refractivity contribution is 7.92. The molecule has 0 bridgehead atoms. The highest BCUT2D eigenvalue weighted by Crippen LogP contribution is 2.36. The van der Waals surface area contributed by atoms with Gasteiger partial charge in [-0.15, -0.1) is 0 Å². The van der Waals surface area contributed by atoms with Crippen molar-refractivity contribution in [1.82, 2.24) is 19.8 Å². The predicted octanol–water partition coefficient (Wildman–Crippen LogP) is 7.65. The van der Waals surface area contributed by atoms with E-state index in [1.807, 2.05) is 0 Å². The highest BCUT2D eigenvalue weighted by atomic mass is 35.5. The van der Waals surface area contributed by atoms with Crippen molar-refractivity contribution in [2.45, 2.75) is 38.3 Å². The van der Waals surface area contributed by atoms with Gasteiger partial charge in [0.2, 0.25) is 0 Å². The molecule has 0 spiro atoms. The number of hydrogen-bond acceptors (Lipinski definition) is 11. The van der Waals surface area contributed by atoms with Crippen LogP contribution in [0.1, 0.15) is 22.5 Å². The fraction of sp³-hybridized carbons (Fsp3) is 0.395. The van der Waals surface area contributed by atoms with Gasteiger partial charge in [-0.25, -0.2) is 32.7 Å². The number of amides is 6. The van der Waals surface area contributed by atoms with Gasteiger partial charge in [-0.05, 0) is 74.5 Å². The Morgan fingerprint density at radius 3 is 1.43 bits per heavy atom. The Hall–Kier alpha value is -5.90. The van der Waals surface area contributed by atoms with Crippen LogP contribution in [0.3, 0.4) is 0 Å². The molecular formula is C43H45Cl2F8N9O8S2. The molecule has 17 nitrogen and oxygen atoms in total. The number of carbonyl (C=O) groups is 4. The van der Waals surface area contributed by atoms with E-state index in [1.165, 1.54) is 69.6 Å². The minimum absolute atomic E-state index is 0.00245. The van der Waals surface area contributed by atoms with Crippen molar-refractivity contribution < 1.29 is 71.1 Å². The van der Waals surface area contributed by atoms with Crippen LogP contribution in [0.4, 0.5) is 67.7 Å². The number of hydrogen-bond donors (Lipinski definition) is 0. The monoisotopic (exact) mass is 1100 g/mol. The van der Waals surface area contributed by atoms with Gasteiger partial charge in [0.25, 0.3) is 21.9 Å². The largest absolute Gasteiger partial charge is 0.416 e. The fourth-order valence-corrected chi connectivity index (χ4v) is 8.47. The quantitative estimate of drug-likeness (QED) is 0.0951. The molecule has 4 heterocycles. The molecule has 6 rings (SSSR count).